The number of hydrogen-bond donors (Lipinski definition) is 1. The number of carbonyl (C=O) groups excluding carboxylic acids is 1. The van der Waals surface area contributed by atoms with E-state index in [4.69, 9.17) is 4.74 Å². The van der Waals surface area contributed by atoms with Crippen LogP contribution in [-0.2, 0) is 0 Å². The van der Waals surface area contributed by atoms with E-state index in [0.717, 1.165) is 28.4 Å². The Balaban J connectivity index is 1.70. The Kier molecular flexibility index (Phi) is 4.29. The molecule has 1 amide bonds. The minimum absolute atomic E-state index is 0.259. The summed E-state index contributed by atoms with van der Waals surface area (Å²) in [6.07, 6.45) is 2.97. The lowest BCUT2D eigenvalue weighted by atomic mass is 10.1. The minimum Gasteiger partial charge on any atom is -0.439 e. The summed E-state index contributed by atoms with van der Waals surface area (Å²) in [5, 5.41) is 6.36. The predicted molar refractivity (Wildman–Crippen MR) is 88.1 cm³/mol. The van der Waals surface area contributed by atoms with Gasteiger partial charge in [0.25, 0.3) is 5.91 Å². The van der Waals surface area contributed by atoms with Crippen LogP contribution in [0, 0.1) is 13.8 Å². The SMILES string of the molecule is Cc1cccc(Oc2ccc(NC(=O)c3cnns3)cn2)c1C. The van der Waals surface area contributed by atoms with Crippen LogP contribution < -0.4 is 10.1 Å². The van der Waals surface area contributed by atoms with E-state index in [2.05, 4.69) is 19.9 Å². The number of anilines is 1. The lowest BCUT2D eigenvalue weighted by molar-refractivity contribution is 0.103. The second kappa shape index (κ2) is 6.53. The van der Waals surface area contributed by atoms with Crippen molar-refractivity contribution in [1.29, 1.82) is 0 Å². The Morgan fingerprint density at radius 3 is 2.74 bits per heavy atom. The maximum Gasteiger partial charge on any atom is 0.269 e. The molecular formula is C16H14N4O2S. The molecule has 2 heterocycles. The Morgan fingerprint density at radius 1 is 1.17 bits per heavy atom. The van der Waals surface area contributed by atoms with Gasteiger partial charge in [0, 0.05) is 6.07 Å². The van der Waals surface area contributed by atoms with Crippen molar-refractivity contribution in [3.8, 4) is 11.6 Å². The summed E-state index contributed by atoms with van der Waals surface area (Å²) in [4.78, 5) is 16.6. The van der Waals surface area contributed by atoms with Gasteiger partial charge in [0.05, 0.1) is 18.1 Å². The molecule has 0 spiro atoms. The van der Waals surface area contributed by atoms with E-state index in [-0.39, 0.29) is 5.91 Å². The van der Waals surface area contributed by atoms with E-state index >= 15 is 0 Å². The van der Waals surface area contributed by atoms with Crippen LogP contribution in [0.2, 0.25) is 0 Å². The predicted octanol–water partition coefficient (Wildman–Crippen LogP) is 3.59. The van der Waals surface area contributed by atoms with Gasteiger partial charge in [-0.3, -0.25) is 4.79 Å². The summed E-state index contributed by atoms with van der Waals surface area (Å²) in [7, 11) is 0. The number of ether oxygens (including phenoxy) is 1. The Morgan fingerprint density at radius 2 is 2.04 bits per heavy atom. The molecule has 23 heavy (non-hydrogen) atoms. The smallest absolute Gasteiger partial charge is 0.269 e. The van der Waals surface area contributed by atoms with Gasteiger partial charge < -0.3 is 10.1 Å². The standard InChI is InChI=1S/C16H14N4O2S/c1-10-4-3-5-13(11(10)2)22-15-7-6-12(8-17-15)19-16(21)14-9-18-20-23-14/h3-9H,1-2H3,(H,19,21). The number of carbonyl (C=O) groups is 1. The average Bonchev–Trinajstić information content (AvgIpc) is 3.08. The lowest BCUT2D eigenvalue weighted by Gasteiger charge is -2.10. The number of rotatable bonds is 4. The quantitative estimate of drug-likeness (QED) is 0.793. The third-order valence-corrected chi connectivity index (χ3v) is 4.01. The molecule has 7 heteroatoms. The molecule has 0 saturated heterocycles. The van der Waals surface area contributed by atoms with Crippen LogP contribution in [0.3, 0.4) is 0 Å². The molecule has 0 atom stereocenters. The molecule has 2 aromatic heterocycles. The van der Waals surface area contributed by atoms with Gasteiger partial charge in [-0.25, -0.2) is 4.98 Å². The van der Waals surface area contributed by atoms with E-state index in [1.54, 1.807) is 18.3 Å². The number of aryl methyl sites for hydroxylation is 1. The van der Waals surface area contributed by atoms with Crippen molar-refractivity contribution in [2.24, 2.45) is 0 Å². The van der Waals surface area contributed by atoms with Crippen LogP contribution in [-0.4, -0.2) is 20.5 Å². The molecule has 0 aliphatic rings. The van der Waals surface area contributed by atoms with Gasteiger partial charge in [-0.05, 0) is 48.6 Å². The Labute approximate surface area is 137 Å². The summed E-state index contributed by atoms with van der Waals surface area (Å²) < 4.78 is 9.44. The fourth-order valence-electron chi connectivity index (χ4n) is 1.92. The van der Waals surface area contributed by atoms with Crippen molar-refractivity contribution in [2.45, 2.75) is 13.8 Å². The zero-order chi connectivity index (χ0) is 16.2. The van der Waals surface area contributed by atoms with Crippen LogP contribution >= 0.6 is 11.5 Å². The zero-order valence-corrected chi connectivity index (χ0v) is 13.4. The number of hydrogen-bond acceptors (Lipinski definition) is 6. The molecule has 0 saturated carbocycles. The second-order valence-corrected chi connectivity index (χ2v) is 5.71. The van der Waals surface area contributed by atoms with Gasteiger partial charge in [-0.1, -0.05) is 16.6 Å². The molecular weight excluding hydrogens is 312 g/mol. The first kappa shape index (κ1) is 15.1. The normalized spacial score (nSPS) is 10.3. The third-order valence-electron chi connectivity index (χ3n) is 3.35. The van der Waals surface area contributed by atoms with Gasteiger partial charge >= 0.3 is 0 Å². The van der Waals surface area contributed by atoms with Crippen LogP contribution in [0.5, 0.6) is 11.6 Å². The molecule has 0 bridgehead atoms. The highest BCUT2D eigenvalue weighted by atomic mass is 32.1. The summed E-state index contributed by atoms with van der Waals surface area (Å²) >= 11 is 1.04. The molecule has 6 nitrogen and oxygen atoms in total. The van der Waals surface area contributed by atoms with Gasteiger partial charge in [0.2, 0.25) is 5.88 Å². The highest BCUT2D eigenvalue weighted by molar-refractivity contribution is 7.07. The van der Waals surface area contributed by atoms with Crippen molar-refractivity contribution in [3.63, 3.8) is 0 Å². The first-order valence-corrected chi connectivity index (χ1v) is 7.69. The molecule has 0 aliphatic heterocycles. The fourth-order valence-corrected chi connectivity index (χ4v) is 2.33. The van der Waals surface area contributed by atoms with E-state index < -0.39 is 0 Å². The van der Waals surface area contributed by atoms with Crippen molar-refractivity contribution in [3.05, 3.63) is 58.7 Å². The first-order chi connectivity index (χ1) is 11.1. The summed E-state index contributed by atoms with van der Waals surface area (Å²) in [5.74, 6) is 0.978. The molecule has 0 fully saturated rings. The first-order valence-electron chi connectivity index (χ1n) is 6.92. The van der Waals surface area contributed by atoms with Crippen LogP contribution in [0.15, 0.2) is 42.7 Å². The maximum absolute atomic E-state index is 11.9. The van der Waals surface area contributed by atoms with Crippen molar-refractivity contribution in [2.75, 3.05) is 5.32 Å². The molecule has 1 N–H and O–H groups in total. The number of pyridine rings is 1. The van der Waals surface area contributed by atoms with E-state index in [0.29, 0.717) is 16.4 Å². The molecule has 1 aromatic carbocycles. The van der Waals surface area contributed by atoms with Gasteiger partial charge in [-0.2, -0.15) is 0 Å². The van der Waals surface area contributed by atoms with Gasteiger partial charge in [-0.15, -0.1) is 5.10 Å². The number of nitrogens with zero attached hydrogens (tertiary/aromatic N) is 3. The minimum atomic E-state index is -0.259. The van der Waals surface area contributed by atoms with Crippen molar-refractivity contribution >= 4 is 23.1 Å². The number of nitrogens with one attached hydrogen (secondary N) is 1. The highest BCUT2D eigenvalue weighted by Gasteiger charge is 2.09. The Bertz CT molecular complexity index is 817. The molecule has 0 unspecified atom stereocenters. The van der Waals surface area contributed by atoms with E-state index in [1.807, 2.05) is 32.0 Å². The molecule has 116 valence electrons. The van der Waals surface area contributed by atoms with E-state index in [1.165, 1.54) is 6.20 Å². The molecule has 0 radical (unpaired) electrons. The summed E-state index contributed by atoms with van der Waals surface area (Å²) in [5.41, 5.74) is 2.81. The maximum atomic E-state index is 11.9. The fraction of sp³-hybridized carbons (Fsp3) is 0.125. The molecule has 0 aliphatic carbocycles. The van der Waals surface area contributed by atoms with Gasteiger partial charge in [0.15, 0.2) is 0 Å². The number of amides is 1. The average molecular weight is 326 g/mol. The topological polar surface area (TPSA) is 77.0 Å². The van der Waals surface area contributed by atoms with Crippen LogP contribution in [0.4, 0.5) is 5.69 Å². The zero-order valence-electron chi connectivity index (χ0n) is 12.6. The highest BCUT2D eigenvalue weighted by Crippen LogP contribution is 2.26. The monoisotopic (exact) mass is 326 g/mol. The number of benzene rings is 1. The lowest BCUT2D eigenvalue weighted by Crippen LogP contribution is -2.10. The second-order valence-electron chi connectivity index (χ2n) is 4.92. The number of aromatic nitrogens is 3. The largest absolute Gasteiger partial charge is 0.439 e. The van der Waals surface area contributed by atoms with Crippen molar-refractivity contribution in [1.82, 2.24) is 14.6 Å². The van der Waals surface area contributed by atoms with Crippen LogP contribution in [0.1, 0.15) is 20.8 Å². The summed E-state index contributed by atoms with van der Waals surface area (Å²) in [6.45, 7) is 4.03. The van der Waals surface area contributed by atoms with Crippen LogP contribution in [0.25, 0.3) is 0 Å². The third kappa shape index (κ3) is 3.51. The van der Waals surface area contributed by atoms with E-state index in [9.17, 15) is 4.79 Å². The van der Waals surface area contributed by atoms with Gasteiger partial charge in [0.1, 0.15) is 10.6 Å². The summed E-state index contributed by atoms with van der Waals surface area (Å²) in [6, 6.07) is 9.32. The molecule has 3 rings (SSSR count). The van der Waals surface area contributed by atoms with Crippen molar-refractivity contribution < 1.29 is 9.53 Å². The molecule has 3 aromatic rings. The Hall–Kier alpha value is -2.80.